The van der Waals surface area contributed by atoms with E-state index in [1.165, 1.54) is 0 Å². The predicted octanol–water partition coefficient (Wildman–Crippen LogP) is 0.659. The van der Waals surface area contributed by atoms with Crippen molar-refractivity contribution in [3.05, 3.63) is 0 Å². The van der Waals surface area contributed by atoms with Gasteiger partial charge in [-0.25, -0.2) is 0 Å². The second-order valence-electron chi connectivity index (χ2n) is 3.79. The molecule has 0 bridgehead atoms. The maximum Gasteiger partial charge on any atom is 0.217 e. The Hall–Kier alpha value is -0.570. The van der Waals surface area contributed by atoms with Gasteiger partial charge in [0.2, 0.25) is 5.91 Å². The SMILES string of the molecule is C[C@H]1C(O)CCCC1CC(N)=O. The van der Waals surface area contributed by atoms with Crippen LogP contribution in [0.3, 0.4) is 0 Å². The first kappa shape index (κ1) is 9.52. The van der Waals surface area contributed by atoms with Crippen LogP contribution in [0.5, 0.6) is 0 Å². The molecule has 2 unspecified atom stereocenters. The maximum atomic E-state index is 10.7. The van der Waals surface area contributed by atoms with Gasteiger partial charge in [0.25, 0.3) is 0 Å². The van der Waals surface area contributed by atoms with Gasteiger partial charge < -0.3 is 10.8 Å². The second kappa shape index (κ2) is 3.90. The molecular formula is C9H17NO2. The molecule has 1 aliphatic rings. The van der Waals surface area contributed by atoms with Crippen LogP contribution in [-0.4, -0.2) is 17.1 Å². The molecule has 0 radical (unpaired) electrons. The smallest absolute Gasteiger partial charge is 0.217 e. The van der Waals surface area contributed by atoms with Gasteiger partial charge in [-0.15, -0.1) is 0 Å². The highest BCUT2D eigenvalue weighted by atomic mass is 16.3. The molecule has 1 saturated carbocycles. The molecule has 3 atom stereocenters. The summed E-state index contributed by atoms with van der Waals surface area (Å²) in [6, 6.07) is 0. The number of carbonyl (C=O) groups excluding carboxylic acids is 1. The molecule has 1 aliphatic carbocycles. The molecule has 0 spiro atoms. The monoisotopic (exact) mass is 171 g/mol. The lowest BCUT2D eigenvalue weighted by atomic mass is 9.77. The van der Waals surface area contributed by atoms with Crippen LogP contribution in [0.25, 0.3) is 0 Å². The van der Waals surface area contributed by atoms with Gasteiger partial charge in [-0.3, -0.25) is 4.79 Å². The molecule has 1 fully saturated rings. The lowest BCUT2D eigenvalue weighted by Crippen LogP contribution is -2.32. The highest BCUT2D eigenvalue weighted by Crippen LogP contribution is 2.31. The van der Waals surface area contributed by atoms with E-state index in [2.05, 4.69) is 0 Å². The molecule has 3 nitrogen and oxygen atoms in total. The minimum absolute atomic E-state index is 0.228. The molecule has 3 N–H and O–H groups in total. The fraction of sp³-hybridized carbons (Fsp3) is 0.889. The topological polar surface area (TPSA) is 63.3 Å². The Kier molecular flexibility index (Phi) is 3.09. The number of carbonyl (C=O) groups is 1. The zero-order valence-corrected chi connectivity index (χ0v) is 7.49. The standard InChI is InChI=1S/C9H17NO2/c1-6-7(5-9(10)12)3-2-4-8(6)11/h6-8,11H,2-5H2,1H3,(H2,10,12)/t6-,7?,8?/m1/s1. The van der Waals surface area contributed by atoms with Crippen LogP contribution < -0.4 is 5.73 Å². The highest BCUT2D eigenvalue weighted by Gasteiger charge is 2.29. The lowest BCUT2D eigenvalue weighted by Gasteiger charge is -2.32. The van der Waals surface area contributed by atoms with Crippen LogP contribution >= 0.6 is 0 Å². The number of nitrogens with two attached hydrogens (primary N) is 1. The summed E-state index contributed by atoms with van der Waals surface area (Å²) in [5.41, 5.74) is 5.11. The van der Waals surface area contributed by atoms with E-state index in [1.807, 2.05) is 6.92 Å². The Labute approximate surface area is 72.9 Å². The molecule has 0 aliphatic heterocycles. The average molecular weight is 171 g/mol. The minimum Gasteiger partial charge on any atom is -0.393 e. The van der Waals surface area contributed by atoms with Crippen molar-refractivity contribution in [1.29, 1.82) is 0 Å². The van der Waals surface area contributed by atoms with E-state index >= 15 is 0 Å². The summed E-state index contributed by atoms with van der Waals surface area (Å²) in [5, 5.41) is 9.51. The van der Waals surface area contributed by atoms with Crippen LogP contribution in [0, 0.1) is 11.8 Å². The number of aliphatic hydroxyl groups excluding tert-OH is 1. The number of hydrogen-bond donors (Lipinski definition) is 2. The Balaban J connectivity index is 2.46. The molecular weight excluding hydrogens is 154 g/mol. The van der Waals surface area contributed by atoms with Crippen LogP contribution in [0.2, 0.25) is 0 Å². The largest absolute Gasteiger partial charge is 0.393 e. The van der Waals surface area contributed by atoms with Crippen LogP contribution in [0.4, 0.5) is 0 Å². The fourth-order valence-electron chi connectivity index (χ4n) is 1.98. The fourth-order valence-corrected chi connectivity index (χ4v) is 1.98. The van der Waals surface area contributed by atoms with Gasteiger partial charge in [0.1, 0.15) is 0 Å². The Morgan fingerprint density at radius 1 is 1.58 bits per heavy atom. The number of amides is 1. The number of primary amides is 1. The van der Waals surface area contributed by atoms with Crippen LogP contribution in [-0.2, 0) is 4.79 Å². The summed E-state index contributed by atoms with van der Waals surface area (Å²) in [4.78, 5) is 10.7. The van der Waals surface area contributed by atoms with Gasteiger partial charge in [-0.1, -0.05) is 13.3 Å². The summed E-state index contributed by atoms with van der Waals surface area (Å²) < 4.78 is 0. The molecule has 1 rings (SSSR count). The average Bonchev–Trinajstić information content (AvgIpc) is 1.98. The van der Waals surface area contributed by atoms with Crippen molar-refractivity contribution in [2.75, 3.05) is 0 Å². The maximum absolute atomic E-state index is 10.7. The first-order valence-electron chi connectivity index (χ1n) is 4.57. The summed E-state index contributed by atoms with van der Waals surface area (Å²) >= 11 is 0. The quantitative estimate of drug-likeness (QED) is 0.641. The number of aliphatic hydroxyl groups is 1. The number of rotatable bonds is 2. The zero-order chi connectivity index (χ0) is 9.14. The molecule has 0 aromatic heterocycles. The van der Waals surface area contributed by atoms with E-state index in [0.717, 1.165) is 19.3 Å². The van der Waals surface area contributed by atoms with E-state index in [4.69, 9.17) is 5.73 Å². The molecule has 0 heterocycles. The molecule has 1 amide bonds. The minimum atomic E-state index is -0.249. The second-order valence-corrected chi connectivity index (χ2v) is 3.79. The first-order valence-corrected chi connectivity index (χ1v) is 4.57. The van der Waals surface area contributed by atoms with Crippen LogP contribution in [0.15, 0.2) is 0 Å². The Bertz CT molecular complexity index is 170. The Morgan fingerprint density at radius 3 is 2.83 bits per heavy atom. The molecule has 70 valence electrons. The van der Waals surface area contributed by atoms with Crippen molar-refractivity contribution in [3.63, 3.8) is 0 Å². The van der Waals surface area contributed by atoms with Crippen molar-refractivity contribution in [2.24, 2.45) is 17.6 Å². The third-order valence-corrected chi connectivity index (χ3v) is 2.89. The third-order valence-electron chi connectivity index (χ3n) is 2.89. The normalized spacial score (nSPS) is 36.3. The van der Waals surface area contributed by atoms with Crippen molar-refractivity contribution in [1.82, 2.24) is 0 Å². The van der Waals surface area contributed by atoms with E-state index < -0.39 is 0 Å². The molecule has 3 heteroatoms. The summed E-state index contributed by atoms with van der Waals surface area (Å²) in [6.45, 7) is 2.00. The van der Waals surface area contributed by atoms with Gasteiger partial charge in [0, 0.05) is 6.42 Å². The summed E-state index contributed by atoms with van der Waals surface area (Å²) in [5.74, 6) is 0.276. The highest BCUT2D eigenvalue weighted by molar-refractivity contribution is 5.74. The molecule has 0 saturated heterocycles. The van der Waals surface area contributed by atoms with Gasteiger partial charge in [-0.05, 0) is 24.7 Å². The van der Waals surface area contributed by atoms with Crippen molar-refractivity contribution < 1.29 is 9.90 Å². The van der Waals surface area contributed by atoms with Gasteiger partial charge in [-0.2, -0.15) is 0 Å². The number of hydrogen-bond acceptors (Lipinski definition) is 2. The van der Waals surface area contributed by atoms with Crippen LogP contribution in [0.1, 0.15) is 32.6 Å². The predicted molar refractivity (Wildman–Crippen MR) is 46.3 cm³/mol. The van der Waals surface area contributed by atoms with Gasteiger partial charge in [0.05, 0.1) is 6.10 Å². The summed E-state index contributed by atoms with van der Waals surface area (Å²) in [6.07, 6.45) is 3.11. The first-order chi connectivity index (χ1) is 5.61. The summed E-state index contributed by atoms with van der Waals surface area (Å²) in [7, 11) is 0. The van der Waals surface area contributed by atoms with E-state index in [0.29, 0.717) is 12.3 Å². The van der Waals surface area contributed by atoms with E-state index in [-0.39, 0.29) is 17.9 Å². The molecule has 0 aromatic rings. The van der Waals surface area contributed by atoms with Gasteiger partial charge >= 0.3 is 0 Å². The Morgan fingerprint density at radius 2 is 2.25 bits per heavy atom. The van der Waals surface area contributed by atoms with Gasteiger partial charge in [0.15, 0.2) is 0 Å². The zero-order valence-electron chi connectivity index (χ0n) is 7.49. The van der Waals surface area contributed by atoms with Crippen molar-refractivity contribution >= 4 is 5.91 Å². The third kappa shape index (κ3) is 2.21. The lowest BCUT2D eigenvalue weighted by molar-refractivity contribution is -0.120. The van der Waals surface area contributed by atoms with E-state index in [1.54, 1.807) is 0 Å². The van der Waals surface area contributed by atoms with E-state index in [9.17, 15) is 9.90 Å². The van der Waals surface area contributed by atoms with Crippen molar-refractivity contribution in [3.8, 4) is 0 Å². The van der Waals surface area contributed by atoms with Crippen molar-refractivity contribution in [2.45, 2.75) is 38.7 Å². The molecule has 12 heavy (non-hydrogen) atoms. The molecule has 0 aromatic carbocycles.